The van der Waals surface area contributed by atoms with E-state index in [-0.39, 0.29) is 30.7 Å². The Balaban J connectivity index is 1.98. The summed E-state index contributed by atoms with van der Waals surface area (Å²) in [5.74, 6) is -0.566. The number of halogens is 3. The molecule has 1 N–H and O–H groups in total. The van der Waals surface area contributed by atoms with Gasteiger partial charge in [-0.05, 0) is 23.6 Å². The van der Waals surface area contributed by atoms with E-state index in [0.29, 0.717) is 18.7 Å². The summed E-state index contributed by atoms with van der Waals surface area (Å²) in [6, 6.07) is 4.82. The number of nitrogens with zero attached hydrogens (tertiary/aromatic N) is 1. The molecular weight excluding hydrogens is 297 g/mol. The second kappa shape index (κ2) is 6.37. The zero-order chi connectivity index (χ0) is 16.3. The number of hydrogen-bond donors (Lipinski definition) is 1. The second-order valence-corrected chi connectivity index (χ2v) is 5.39. The van der Waals surface area contributed by atoms with E-state index < -0.39 is 11.7 Å². The minimum absolute atomic E-state index is 0.0402. The van der Waals surface area contributed by atoms with Gasteiger partial charge in [0.1, 0.15) is 0 Å². The first-order valence-corrected chi connectivity index (χ1v) is 6.99. The van der Waals surface area contributed by atoms with Gasteiger partial charge in [-0.2, -0.15) is 13.2 Å². The molecule has 2 amide bonds. The van der Waals surface area contributed by atoms with E-state index in [0.717, 1.165) is 12.1 Å². The van der Waals surface area contributed by atoms with Crippen molar-refractivity contribution in [1.82, 2.24) is 10.2 Å². The Morgan fingerprint density at radius 3 is 2.50 bits per heavy atom. The van der Waals surface area contributed by atoms with Crippen molar-refractivity contribution >= 4 is 11.8 Å². The highest BCUT2D eigenvalue weighted by Gasteiger charge is 2.30. The average Bonchev–Trinajstić information content (AvgIpc) is 2.46. The number of carbonyl (C=O) groups is 2. The van der Waals surface area contributed by atoms with Crippen LogP contribution in [0.1, 0.15) is 30.4 Å². The first-order chi connectivity index (χ1) is 10.3. The van der Waals surface area contributed by atoms with E-state index in [1.165, 1.54) is 17.0 Å². The fourth-order valence-corrected chi connectivity index (χ4v) is 2.36. The Labute approximate surface area is 126 Å². The van der Waals surface area contributed by atoms with Gasteiger partial charge in [0.25, 0.3) is 0 Å². The van der Waals surface area contributed by atoms with Crippen LogP contribution < -0.4 is 5.32 Å². The maximum atomic E-state index is 12.5. The van der Waals surface area contributed by atoms with Crippen LogP contribution >= 0.6 is 0 Å². The number of rotatable bonds is 3. The molecule has 1 aromatic carbocycles. The molecule has 0 bridgehead atoms. The van der Waals surface area contributed by atoms with Crippen molar-refractivity contribution in [2.45, 2.75) is 25.4 Å². The molecule has 1 fully saturated rings. The topological polar surface area (TPSA) is 49.4 Å². The zero-order valence-electron chi connectivity index (χ0n) is 12.1. The summed E-state index contributed by atoms with van der Waals surface area (Å²) in [7, 11) is 0. The van der Waals surface area contributed by atoms with Gasteiger partial charge in [-0.25, -0.2) is 0 Å². The summed E-state index contributed by atoms with van der Waals surface area (Å²) in [5, 5.41) is 2.63. The summed E-state index contributed by atoms with van der Waals surface area (Å²) in [6.45, 7) is 2.71. The Hall–Kier alpha value is -2.05. The number of nitrogens with one attached hydrogen (secondary N) is 1. The quantitative estimate of drug-likeness (QED) is 0.929. The van der Waals surface area contributed by atoms with E-state index in [2.05, 4.69) is 5.32 Å². The minimum Gasteiger partial charge on any atom is -0.353 e. The van der Waals surface area contributed by atoms with Crippen LogP contribution in [0.4, 0.5) is 13.2 Å². The molecule has 1 aromatic rings. The van der Waals surface area contributed by atoms with Gasteiger partial charge in [0, 0.05) is 19.5 Å². The fourth-order valence-electron chi connectivity index (χ4n) is 2.36. The lowest BCUT2D eigenvalue weighted by atomic mass is 9.96. The Morgan fingerprint density at radius 1 is 1.32 bits per heavy atom. The fraction of sp³-hybridized carbons (Fsp3) is 0.467. The van der Waals surface area contributed by atoms with Crippen LogP contribution in [-0.4, -0.2) is 36.3 Å². The average molecular weight is 314 g/mol. The summed E-state index contributed by atoms with van der Waals surface area (Å²) in [6.07, 6.45) is -4.20. The van der Waals surface area contributed by atoms with E-state index >= 15 is 0 Å². The maximum Gasteiger partial charge on any atom is 0.416 e. The van der Waals surface area contributed by atoms with Crippen LogP contribution in [-0.2, 0) is 15.8 Å². The SMILES string of the molecule is C[C@@H](CC(=O)N1CCNC(=O)C1)c1ccc(C(F)(F)F)cc1. The normalized spacial score (nSPS) is 17.1. The lowest BCUT2D eigenvalue weighted by Crippen LogP contribution is -2.50. The van der Waals surface area contributed by atoms with Crippen LogP contribution in [0.2, 0.25) is 0 Å². The summed E-state index contributed by atoms with van der Waals surface area (Å²) < 4.78 is 37.5. The molecule has 7 heteroatoms. The number of carbonyl (C=O) groups excluding carboxylic acids is 2. The largest absolute Gasteiger partial charge is 0.416 e. The summed E-state index contributed by atoms with van der Waals surface area (Å²) >= 11 is 0. The third-order valence-corrected chi connectivity index (χ3v) is 3.68. The van der Waals surface area contributed by atoms with Crippen LogP contribution in [0.5, 0.6) is 0 Å². The predicted molar refractivity (Wildman–Crippen MR) is 74.1 cm³/mol. The summed E-state index contributed by atoms with van der Waals surface area (Å²) in [4.78, 5) is 24.8. The molecule has 1 aliphatic rings. The highest BCUT2D eigenvalue weighted by Crippen LogP contribution is 2.30. The maximum absolute atomic E-state index is 12.5. The third kappa shape index (κ3) is 3.99. The smallest absolute Gasteiger partial charge is 0.353 e. The van der Waals surface area contributed by atoms with Crippen molar-refractivity contribution in [2.75, 3.05) is 19.6 Å². The van der Waals surface area contributed by atoms with Gasteiger partial charge in [0.2, 0.25) is 11.8 Å². The van der Waals surface area contributed by atoms with Crippen LogP contribution in [0, 0.1) is 0 Å². The monoisotopic (exact) mass is 314 g/mol. The third-order valence-electron chi connectivity index (χ3n) is 3.68. The molecule has 0 spiro atoms. The molecule has 4 nitrogen and oxygen atoms in total. The standard InChI is InChI=1S/C15H17F3N2O2/c1-10(8-14(22)20-7-6-19-13(21)9-20)11-2-4-12(5-3-11)15(16,17)18/h2-5,10H,6-9H2,1H3,(H,19,21)/t10-/m0/s1. The molecule has 1 heterocycles. The van der Waals surface area contributed by atoms with E-state index in [1.54, 1.807) is 6.92 Å². The molecule has 1 atom stereocenters. The van der Waals surface area contributed by atoms with Crippen molar-refractivity contribution in [3.05, 3.63) is 35.4 Å². The molecule has 2 rings (SSSR count). The van der Waals surface area contributed by atoms with E-state index in [4.69, 9.17) is 0 Å². The van der Waals surface area contributed by atoms with Gasteiger partial charge in [-0.3, -0.25) is 9.59 Å². The number of benzene rings is 1. The van der Waals surface area contributed by atoms with Crippen molar-refractivity contribution in [2.24, 2.45) is 0 Å². The molecule has 0 radical (unpaired) electrons. The predicted octanol–water partition coefficient (Wildman–Crippen LogP) is 2.16. The molecule has 0 saturated carbocycles. The van der Waals surface area contributed by atoms with Gasteiger partial charge in [-0.15, -0.1) is 0 Å². The molecule has 1 saturated heterocycles. The van der Waals surface area contributed by atoms with Gasteiger partial charge in [0.05, 0.1) is 12.1 Å². The van der Waals surface area contributed by atoms with E-state index in [9.17, 15) is 22.8 Å². The van der Waals surface area contributed by atoms with Crippen LogP contribution in [0.3, 0.4) is 0 Å². The molecule has 0 aliphatic carbocycles. The molecule has 0 aromatic heterocycles. The number of hydrogen-bond acceptors (Lipinski definition) is 2. The first kappa shape index (κ1) is 16.3. The Bertz CT molecular complexity index is 555. The summed E-state index contributed by atoms with van der Waals surface area (Å²) in [5.41, 5.74) is -0.0368. The van der Waals surface area contributed by atoms with Gasteiger partial charge in [-0.1, -0.05) is 19.1 Å². The van der Waals surface area contributed by atoms with Gasteiger partial charge < -0.3 is 10.2 Å². The molecule has 22 heavy (non-hydrogen) atoms. The molecule has 0 unspecified atom stereocenters. The van der Waals surface area contributed by atoms with Crippen molar-refractivity contribution in [3.63, 3.8) is 0 Å². The Morgan fingerprint density at radius 2 is 1.95 bits per heavy atom. The van der Waals surface area contributed by atoms with Crippen LogP contribution in [0.15, 0.2) is 24.3 Å². The molecule has 120 valence electrons. The Kier molecular flexibility index (Phi) is 4.73. The zero-order valence-corrected chi connectivity index (χ0v) is 12.1. The number of piperazine rings is 1. The highest BCUT2D eigenvalue weighted by molar-refractivity contribution is 5.86. The number of amides is 2. The minimum atomic E-state index is -4.36. The van der Waals surface area contributed by atoms with Crippen molar-refractivity contribution < 1.29 is 22.8 Å². The van der Waals surface area contributed by atoms with Crippen molar-refractivity contribution in [1.29, 1.82) is 0 Å². The first-order valence-electron chi connectivity index (χ1n) is 6.99. The van der Waals surface area contributed by atoms with Crippen LogP contribution in [0.25, 0.3) is 0 Å². The lowest BCUT2D eigenvalue weighted by Gasteiger charge is -2.27. The highest BCUT2D eigenvalue weighted by atomic mass is 19.4. The molecule has 1 aliphatic heterocycles. The molecular formula is C15H17F3N2O2. The van der Waals surface area contributed by atoms with E-state index in [1.807, 2.05) is 0 Å². The number of alkyl halides is 3. The van der Waals surface area contributed by atoms with Gasteiger partial charge in [0.15, 0.2) is 0 Å². The lowest BCUT2D eigenvalue weighted by molar-refractivity contribution is -0.138. The van der Waals surface area contributed by atoms with Gasteiger partial charge >= 0.3 is 6.18 Å². The second-order valence-electron chi connectivity index (χ2n) is 5.39. The van der Waals surface area contributed by atoms with Crippen molar-refractivity contribution in [3.8, 4) is 0 Å².